The van der Waals surface area contributed by atoms with Gasteiger partial charge in [0.1, 0.15) is 5.75 Å². The number of likely N-dealkylation sites (N-methyl/N-ethyl adjacent to an activating group) is 1. The van der Waals surface area contributed by atoms with Gasteiger partial charge in [0.2, 0.25) is 21.8 Å². The molecule has 0 aromatic heterocycles. The molecule has 30 heavy (non-hydrogen) atoms. The van der Waals surface area contributed by atoms with Crippen LogP contribution in [0.15, 0.2) is 41.3 Å². The van der Waals surface area contributed by atoms with Crippen molar-refractivity contribution in [1.29, 1.82) is 0 Å². The number of methoxy groups -OCH3 is 1. The molecule has 2 aromatic carbocycles. The van der Waals surface area contributed by atoms with Gasteiger partial charge in [0.25, 0.3) is 0 Å². The van der Waals surface area contributed by atoms with Gasteiger partial charge in [0.15, 0.2) is 0 Å². The predicted octanol–water partition coefficient (Wildman–Crippen LogP) is 2.54. The molecule has 1 aliphatic rings. The Morgan fingerprint density at radius 1 is 1.20 bits per heavy atom. The molecule has 1 heterocycles. The van der Waals surface area contributed by atoms with Crippen molar-refractivity contribution in [3.8, 4) is 5.75 Å². The van der Waals surface area contributed by atoms with Crippen LogP contribution in [-0.4, -0.2) is 45.2 Å². The van der Waals surface area contributed by atoms with Crippen LogP contribution in [0.5, 0.6) is 5.75 Å². The van der Waals surface area contributed by atoms with Gasteiger partial charge < -0.3 is 15.4 Å². The van der Waals surface area contributed by atoms with Gasteiger partial charge in [-0.1, -0.05) is 6.07 Å². The van der Waals surface area contributed by atoms with E-state index < -0.39 is 15.9 Å². The third-order valence-corrected chi connectivity index (χ3v) is 6.70. The summed E-state index contributed by atoms with van der Waals surface area (Å²) in [6, 6.07) is 9.95. The maximum atomic E-state index is 13.0. The number of nitrogens with one attached hydrogen (secondary N) is 2. The summed E-state index contributed by atoms with van der Waals surface area (Å²) >= 11 is 0. The van der Waals surface area contributed by atoms with Gasteiger partial charge in [0.05, 0.1) is 24.2 Å². The Bertz CT molecular complexity index is 1080. The molecule has 8 nitrogen and oxygen atoms in total. The van der Waals surface area contributed by atoms with E-state index in [1.807, 2.05) is 13.0 Å². The normalized spacial score (nSPS) is 13.9. The number of nitrogens with zero attached hydrogens (tertiary/aromatic N) is 1. The predicted molar refractivity (Wildman–Crippen MR) is 114 cm³/mol. The number of amides is 2. The Morgan fingerprint density at radius 3 is 2.70 bits per heavy atom. The molecule has 2 amide bonds. The van der Waals surface area contributed by atoms with E-state index in [0.29, 0.717) is 36.4 Å². The first-order valence-electron chi connectivity index (χ1n) is 9.54. The first-order valence-corrected chi connectivity index (χ1v) is 11.0. The van der Waals surface area contributed by atoms with E-state index in [0.717, 1.165) is 15.4 Å². The molecule has 2 aromatic rings. The molecule has 160 valence electrons. The summed E-state index contributed by atoms with van der Waals surface area (Å²) in [5.74, 6) is -0.0658. The van der Waals surface area contributed by atoms with Crippen LogP contribution in [0, 0.1) is 6.92 Å². The minimum absolute atomic E-state index is 0.0790. The maximum absolute atomic E-state index is 13.0. The molecule has 0 radical (unpaired) electrons. The number of hydrogen-bond donors (Lipinski definition) is 2. The van der Waals surface area contributed by atoms with E-state index in [4.69, 9.17) is 4.74 Å². The summed E-state index contributed by atoms with van der Waals surface area (Å²) in [6.45, 7) is 1.53. The summed E-state index contributed by atoms with van der Waals surface area (Å²) in [5, 5.41) is 5.48. The van der Waals surface area contributed by atoms with Crippen molar-refractivity contribution in [3.05, 3.63) is 47.5 Å². The standard InChI is InChI=1S/C21H25N3O5S/c1-14-7-10-19(29-3)18(11-14)23-21(26)13-24(2)30(27,28)16-8-9-17-15(12-16)5-4-6-20(25)22-17/h7-12H,4-6,13H2,1-3H3,(H,22,25)(H,23,26). The Labute approximate surface area is 176 Å². The first-order chi connectivity index (χ1) is 14.2. The fourth-order valence-corrected chi connectivity index (χ4v) is 4.47. The zero-order valence-corrected chi connectivity index (χ0v) is 18.0. The summed E-state index contributed by atoms with van der Waals surface area (Å²) in [5.41, 5.74) is 2.81. The largest absolute Gasteiger partial charge is 0.495 e. The van der Waals surface area contributed by atoms with Gasteiger partial charge in [-0.25, -0.2) is 8.42 Å². The van der Waals surface area contributed by atoms with Crippen LogP contribution in [0.3, 0.4) is 0 Å². The van der Waals surface area contributed by atoms with Gasteiger partial charge in [-0.2, -0.15) is 4.31 Å². The fourth-order valence-electron chi connectivity index (χ4n) is 3.29. The molecular formula is C21H25N3O5S. The summed E-state index contributed by atoms with van der Waals surface area (Å²) in [4.78, 5) is 24.2. The number of sulfonamides is 1. The molecule has 0 fully saturated rings. The van der Waals surface area contributed by atoms with E-state index in [1.165, 1.54) is 20.2 Å². The fraction of sp³-hybridized carbons (Fsp3) is 0.333. The van der Waals surface area contributed by atoms with Crippen LogP contribution in [0.25, 0.3) is 0 Å². The molecule has 0 saturated carbocycles. The smallest absolute Gasteiger partial charge is 0.243 e. The Hall–Kier alpha value is -2.91. The second-order valence-electron chi connectivity index (χ2n) is 7.23. The zero-order chi connectivity index (χ0) is 21.9. The zero-order valence-electron chi connectivity index (χ0n) is 17.2. The van der Waals surface area contributed by atoms with Crippen LogP contribution in [0.4, 0.5) is 11.4 Å². The van der Waals surface area contributed by atoms with E-state index in [1.54, 1.807) is 24.3 Å². The van der Waals surface area contributed by atoms with Gasteiger partial charge >= 0.3 is 0 Å². The van der Waals surface area contributed by atoms with Crippen LogP contribution in [0.1, 0.15) is 24.0 Å². The number of carbonyl (C=O) groups is 2. The number of anilines is 2. The molecule has 3 rings (SSSR count). The Balaban J connectivity index is 1.75. The van der Waals surface area contributed by atoms with Gasteiger partial charge in [0, 0.05) is 19.2 Å². The van der Waals surface area contributed by atoms with Crippen molar-refractivity contribution in [2.24, 2.45) is 0 Å². The van der Waals surface area contributed by atoms with Crippen molar-refractivity contribution >= 4 is 33.2 Å². The van der Waals surface area contributed by atoms with Gasteiger partial charge in [-0.05, 0) is 61.2 Å². The molecule has 2 N–H and O–H groups in total. The van der Waals surface area contributed by atoms with Crippen molar-refractivity contribution in [2.45, 2.75) is 31.1 Å². The van der Waals surface area contributed by atoms with Crippen LogP contribution in [-0.2, 0) is 26.0 Å². The van der Waals surface area contributed by atoms with Gasteiger partial charge in [-0.15, -0.1) is 0 Å². The summed E-state index contributed by atoms with van der Waals surface area (Å²) in [6.07, 6.45) is 1.66. The maximum Gasteiger partial charge on any atom is 0.243 e. The highest BCUT2D eigenvalue weighted by atomic mass is 32.2. The second-order valence-corrected chi connectivity index (χ2v) is 9.28. The number of aryl methyl sites for hydroxylation is 2. The number of ether oxygens (including phenoxy) is 1. The quantitative estimate of drug-likeness (QED) is 0.731. The van der Waals surface area contributed by atoms with Crippen molar-refractivity contribution in [3.63, 3.8) is 0 Å². The number of hydrogen-bond acceptors (Lipinski definition) is 5. The third-order valence-electron chi connectivity index (χ3n) is 4.90. The molecule has 0 bridgehead atoms. The third kappa shape index (κ3) is 4.80. The molecule has 1 aliphatic heterocycles. The molecule has 0 atom stereocenters. The van der Waals surface area contributed by atoms with Gasteiger partial charge in [-0.3, -0.25) is 9.59 Å². The molecular weight excluding hydrogens is 406 g/mol. The lowest BCUT2D eigenvalue weighted by atomic mass is 10.1. The van der Waals surface area contributed by atoms with E-state index in [9.17, 15) is 18.0 Å². The number of carbonyl (C=O) groups excluding carboxylic acids is 2. The summed E-state index contributed by atoms with van der Waals surface area (Å²) < 4.78 is 32.2. The summed E-state index contributed by atoms with van der Waals surface area (Å²) in [7, 11) is -1.03. The molecule has 9 heteroatoms. The van der Waals surface area contributed by atoms with Crippen molar-refractivity contribution in [2.75, 3.05) is 31.3 Å². The number of benzene rings is 2. The van der Waals surface area contributed by atoms with Crippen LogP contribution >= 0.6 is 0 Å². The lowest BCUT2D eigenvalue weighted by Gasteiger charge is -2.19. The van der Waals surface area contributed by atoms with Crippen molar-refractivity contribution < 1.29 is 22.7 Å². The van der Waals surface area contributed by atoms with E-state index in [-0.39, 0.29) is 17.3 Å². The average molecular weight is 432 g/mol. The SMILES string of the molecule is COc1ccc(C)cc1NC(=O)CN(C)S(=O)(=O)c1ccc2c(c1)CCCC(=O)N2. The first kappa shape index (κ1) is 21.8. The molecule has 0 unspecified atom stereocenters. The highest BCUT2D eigenvalue weighted by Gasteiger charge is 2.25. The minimum Gasteiger partial charge on any atom is -0.495 e. The number of fused-ring (bicyclic) bond motifs is 1. The average Bonchev–Trinajstić information content (AvgIpc) is 2.87. The Kier molecular flexibility index (Phi) is 6.42. The molecule has 0 spiro atoms. The van der Waals surface area contributed by atoms with Crippen LogP contribution < -0.4 is 15.4 Å². The molecule has 0 aliphatic carbocycles. The van der Waals surface area contributed by atoms with Crippen LogP contribution in [0.2, 0.25) is 0 Å². The van der Waals surface area contributed by atoms with E-state index in [2.05, 4.69) is 10.6 Å². The van der Waals surface area contributed by atoms with Crippen molar-refractivity contribution in [1.82, 2.24) is 4.31 Å². The lowest BCUT2D eigenvalue weighted by molar-refractivity contribution is -0.117. The number of rotatable bonds is 6. The highest BCUT2D eigenvalue weighted by Crippen LogP contribution is 2.27. The minimum atomic E-state index is -3.88. The topological polar surface area (TPSA) is 105 Å². The second kappa shape index (κ2) is 8.85. The molecule has 0 saturated heterocycles. The lowest BCUT2D eigenvalue weighted by Crippen LogP contribution is -2.35. The Morgan fingerprint density at radius 2 is 1.97 bits per heavy atom. The van der Waals surface area contributed by atoms with E-state index >= 15 is 0 Å². The highest BCUT2D eigenvalue weighted by molar-refractivity contribution is 7.89. The monoisotopic (exact) mass is 431 g/mol.